The van der Waals surface area contributed by atoms with Crippen LogP contribution in [0.15, 0.2) is 18.2 Å². The minimum Gasteiger partial charge on any atom is -0.493 e. The van der Waals surface area contributed by atoms with E-state index in [9.17, 15) is 14.4 Å². The zero-order chi connectivity index (χ0) is 25.3. The molecule has 1 aliphatic heterocycles. The molecular formula is C26H41N3O5. The van der Waals surface area contributed by atoms with Gasteiger partial charge in [0.1, 0.15) is 0 Å². The molecule has 0 aliphatic carbocycles. The summed E-state index contributed by atoms with van der Waals surface area (Å²) in [5, 5.41) is 3.10. The lowest BCUT2D eigenvalue weighted by atomic mass is 9.91. The summed E-state index contributed by atoms with van der Waals surface area (Å²) in [6.45, 7) is 8.95. The van der Waals surface area contributed by atoms with Crippen molar-refractivity contribution >= 4 is 17.6 Å². The first-order valence-corrected chi connectivity index (χ1v) is 12.0. The van der Waals surface area contributed by atoms with Gasteiger partial charge in [-0.2, -0.15) is 0 Å². The topological polar surface area (TPSA) is 88.2 Å². The highest BCUT2D eigenvalue weighted by atomic mass is 16.5. The van der Waals surface area contributed by atoms with Gasteiger partial charge in [-0.25, -0.2) is 0 Å². The van der Waals surface area contributed by atoms with Gasteiger partial charge in [-0.1, -0.05) is 13.8 Å². The number of ether oxygens (including phenoxy) is 2. The summed E-state index contributed by atoms with van der Waals surface area (Å²) in [7, 11) is 5.60. The van der Waals surface area contributed by atoms with Gasteiger partial charge >= 0.3 is 0 Å². The molecule has 0 bridgehead atoms. The van der Waals surface area contributed by atoms with Crippen LogP contribution in [-0.4, -0.2) is 81.4 Å². The molecule has 1 aromatic rings. The highest BCUT2D eigenvalue weighted by Gasteiger charge is 2.28. The zero-order valence-electron chi connectivity index (χ0n) is 21.6. The number of hydrogen-bond donors (Lipinski definition) is 1. The molecule has 0 aromatic heterocycles. The first-order chi connectivity index (χ1) is 16.0. The number of likely N-dealkylation sites (tertiary alicyclic amines) is 1. The highest BCUT2D eigenvalue weighted by molar-refractivity contribution is 5.94. The predicted molar refractivity (Wildman–Crippen MR) is 132 cm³/mol. The van der Waals surface area contributed by atoms with Crippen LogP contribution < -0.4 is 14.8 Å². The van der Waals surface area contributed by atoms with Crippen molar-refractivity contribution in [1.82, 2.24) is 15.1 Å². The molecule has 1 saturated heterocycles. The lowest BCUT2D eigenvalue weighted by molar-refractivity contribution is -0.135. The number of benzene rings is 1. The Labute approximate surface area is 204 Å². The summed E-state index contributed by atoms with van der Waals surface area (Å²) in [6.07, 6.45) is 2.37. The summed E-state index contributed by atoms with van der Waals surface area (Å²) < 4.78 is 11.1. The van der Waals surface area contributed by atoms with Crippen LogP contribution in [0.4, 0.5) is 0 Å². The van der Waals surface area contributed by atoms with E-state index in [1.807, 2.05) is 19.0 Å². The van der Waals surface area contributed by atoms with Crippen molar-refractivity contribution in [2.75, 3.05) is 54.0 Å². The molecule has 190 valence electrons. The van der Waals surface area contributed by atoms with Crippen molar-refractivity contribution in [1.29, 1.82) is 0 Å². The quantitative estimate of drug-likeness (QED) is 0.369. The average molecular weight is 476 g/mol. The predicted octanol–water partition coefficient (Wildman–Crippen LogP) is 3.00. The van der Waals surface area contributed by atoms with E-state index in [0.29, 0.717) is 69.0 Å². The van der Waals surface area contributed by atoms with Gasteiger partial charge < -0.3 is 24.6 Å². The fraction of sp³-hybridized carbons (Fsp3) is 0.654. The van der Waals surface area contributed by atoms with Crippen LogP contribution >= 0.6 is 0 Å². The second-order valence-corrected chi connectivity index (χ2v) is 10.1. The fourth-order valence-corrected chi connectivity index (χ4v) is 4.34. The van der Waals surface area contributed by atoms with Crippen LogP contribution in [-0.2, 0) is 9.59 Å². The maximum absolute atomic E-state index is 12.6. The van der Waals surface area contributed by atoms with Crippen molar-refractivity contribution in [2.45, 2.75) is 46.5 Å². The molecule has 0 spiro atoms. The monoisotopic (exact) mass is 475 g/mol. The van der Waals surface area contributed by atoms with Gasteiger partial charge in [-0.15, -0.1) is 0 Å². The Bertz CT molecular complexity index is 845. The average Bonchev–Trinajstić information content (AvgIpc) is 2.79. The van der Waals surface area contributed by atoms with Gasteiger partial charge in [0, 0.05) is 44.1 Å². The maximum Gasteiger partial charge on any atom is 0.223 e. The van der Waals surface area contributed by atoms with E-state index >= 15 is 0 Å². The van der Waals surface area contributed by atoms with Crippen molar-refractivity contribution < 1.29 is 23.9 Å². The molecule has 2 amide bonds. The van der Waals surface area contributed by atoms with E-state index in [4.69, 9.17) is 9.47 Å². The van der Waals surface area contributed by atoms with Crippen LogP contribution in [0.2, 0.25) is 0 Å². The third-order valence-corrected chi connectivity index (χ3v) is 6.07. The van der Waals surface area contributed by atoms with Crippen LogP contribution in [0.1, 0.15) is 56.8 Å². The Kier molecular flexibility index (Phi) is 10.4. The van der Waals surface area contributed by atoms with Gasteiger partial charge in [0.25, 0.3) is 0 Å². The summed E-state index contributed by atoms with van der Waals surface area (Å²) in [5.41, 5.74) is 0.575. The van der Waals surface area contributed by atoms with E-state index in [-0.39, 0.29) is 28.9 Å². The number of amides is 2. The Morgan fingerprint density at radius 3 is 2.41 bits per heavy atom. The molecule has 2 rings (SSSR count). The molecule has 1 aromatic carbocycles. The molecule has 34 heavy (non-hydrogen) atoms. The van der Waals surface area contributed by atoms with E-state index in [1.54, 1.807) is 18.2 Å². The first-order valence-electron chi connectivity index (χ1n) is 12.0. The molecule has 1 N–H and O–H groups in total. The number of carbonyl (C=O) groups is 3. The van der Waals surface area contributed by atoms with Gasteiger partial charge in [-0.3, -0.25) is 14.4 Å². The molecule has 0 saturated carbocycles. The van der Waals surface area contributed by atoms with Crippen molar-refractivity contribution in [3.8, 4) is 11.5 Å². The second kappa shape index (κ2) is 12.7. The van der Waals surface area contributed by atoms with Gasteiger partial charge in [0.15, 0.2) is 17.3 Å². The first kappa shape index (κ1) is 27.6. The Morgan fingerprint density at radius 2 is 1.82 bits per heavy atom. The molecule has 8 heteroatoms. The number of ketones is 1. The number of rotatable bonds is 12. The van der Waals surface area contributed by atoms with Gasteiger partial charge in [0.2, 0.25) is 11.8 Å². The van der Waals surface area contributed by atoms with Crippen LogP contribution in [0.3, 0.4) is 0 Å². The van der Waals surface area contributed by atoms with E-state index < -0.39 is 0 Å². The Morgan fingerprint density at radius 1 is 1.15 bits per heavy atom. The number of Topliss-reactive ketones (excluding diaryl/α,β-unsaturated/α-hetero) is 1. The van der Waals surface area contributed by atoms with Crippen LogP contribution in [0.5, 0.6) is 11.5 Å². The summed E-state index contributed by atoms with van der Waals surface area (Å²) in [6, 6.07) is 5.08. The third-order valence-electron chi connectivity index (χ3n) is 6.07. The van der Waals surface area contributed by atoms with Crippen molar-refractivity contribution in [2.24, 2.45) is 11.3 Å². The molecule has 1 fully saturated rings. The number of carbonyl (C=O) groups excluding carboxylic acids is 3. The molecule has 1 heterocycles. The van der Waals surface area contributed by atoms with Gasteiger partial charge in [0.05, 0.1) is 13.7 Å². The standard InChI is InChI=1S/C26H41N3O5/c1-19(30)21-9-10-22(23(16-21)33-6)34-15-7-8-24(31)29-13-11-20(12-14-29)25(32)27-17-26(2,3)18-28(4)5/h9-10,16,20H,7-8,11-15,17-18H2,1-6H3,(H,27,32). The number of nitrogens with zero attached hydrogens (tertiary/aromatic N) is 2. The summed E-state index contributed by atoms with van der Waals surface area (Å²) >= 11 is 0. The SMILES string of the molecule is COc1cc(C(C)=O)ccc1OCCCC(=O)N1CCC(C(=O)NCC(C)(C)CN(C)C)CC1. The molecular weight excluding hydrogens is 434 g/mol. The number of piperidine rings is 1. The third kappa shape index (κ3) is 8.63. The van der Waals surface area contributed by atoms with Crippen molar-refractivity contribution in [3.63, 3.8) is 0 Å². The number of hydrogen-bond acceptors (Lipinski definition) is 6. The molecule has 0 atom stereocenters. The lowest BCUT2D eigenvalue weighted by Gasteiger charge is -2.33. The largest absolute Gasteiger partial charge is 0.493 e. The highest BCUT2D eigenvalue weighted by Crippen LogP contribution is 2.28. The van der Waals surface area contributed by atoms with E-state index in [0.717, 1.165) is 6.54 Å². The number of nitrogens with one attached hydrogen (secondary N) is 1. The van der Waals surface area contributed by atoms with E-state index in [1.165, 1.54) is 14.0 Å². The molecule has 0 radical (unpaired) electrons. The molecule has 0 unspecified atom stereocenters. The lowest BCUT2D eigenvalue weighted by Crippen LogP contribution is -2.46. The maximum atomic E-state index is 12.6. The minimum atomic E-state index is -0.0372. The van der Waals surface area contributed by atoms with E-state index in [2.05, 4.69) is 24.1 Å². The summed E-state index contributed by atoms with van der Waals surface area (Å²) in [5.74, 6) is 1.17. The fourth-order valence-electron chi connectivity index (χ4n) is 4.34. The smallest absolute Gasteiger partial charge is 0.223 e. The molecule has 1 aliphatic rings. The zero-order valence-corrected chi connectivity index (χ0v) is 21.6. The van der Waals surface area contributed by atoms with Crippen molar-refractivity contribution in [3.05, 3.63) is 23.8 Å². The number of methoxy groups -OCH3 is 1. The second-order valence-electron chi connectivity index (χ2n) is 10.1. The minimum absolute atomic E-state index is 0.0113. The Hall–Kier alpha value is -2.61. The Balaban J connectivity index is 1.70. The molecule has 8 nitrogen and oxygen atoms in total. The summed E-state index contributed by atoms with van der Waals surface area (Å²) in [4.78, 5) is 40.7. The van der Waals surface area contributed by atoms with Gasteiger partial charge in [-0.05, 0) is 63.9 Å². The normalized spacial score (nSPS) is 14.7. The van der Waals surface area contributed by atoms with Crippen LogP contribution in [0, 0.1) is 11.3 Å². The van der Waals surface area contributed by atoms with Crippen LogP contribution in [0.25, 0.3) is 0 Å².